The highest BCUT2D eigenvalue weighted by Gasteiger charge is 2.18. The van der Waals surface area contributed by atoms with Crippen LogP contribution >= 0.6 is 11.6 Å². The van der Waals surface area contributed by atoms with E-state index >= 15 is 0 Å². The first-order chi connectivity index (χ1) is 7.87. The molecule has 0 radical (unpaired) electrons. The third-order valence-electron chi connectivity index (χ3n) is 1.97. The third kappa shape index (κ3) is 3.61. The van der Waals surface area contributed by atoms with Crippen LogP contribution in [-0.4, -0.2) is 25.2 Å². The number of rotatable bonds is 5. The van der Waals surface area contributed by atoms with Gasteiger partial charge in [0.1, 0.15) is 0 Å². The van der Waals surface area contributed by atoms with Gasteiger partial charge in [-0.05, 0) is 18.6 Å². The molecule has 0 atom stereocenters. The topological polar surface area (TPSA) is 83.5 Å². The van der Waals surface area contributed by atoms with Gasteiger partial charge < -0.3 is 5.11 Å². The molecule has 0 aliphatic rings. The molecule has 94 valence electrons. The van der Waals surface area contributed by atoms with Crippen molar-refractivity contribution in [3.05, 3.63) is 28.8 Å². The lowest BCUT2D eigenvalue weighted by atomic mass is 10.2. The van der Waals surface area contributed by atoms with Gasteiger partial charge in [0, 0.05) is 0 Å². The minimum absolute atomic E-state index is 0.0598. The zero-order chi connectivity index (χ0) is 13.1. The van der Waals surface area contributed by atoms with Gasteiger partial charge in [-0.3, -0.25) is 4.72 Å². The van der Waals surface area contributed by atoms with Crippen molar-refractivity contribution in [2.45, 2.75) is 13.3 Å². The number of hydrogen-bond acceptors (Lipinski definition) is 3. The molecule has 5 nitrogen and oxygen atoms in total. The molecule has 0 unspecified atom stereocenters. The smallest absolute Gasteiger partial charge is 0.337 e. The van der Waals surface area contributed by atoms with E-state index in [2.05, 4.69) is 4.72 Å². The summed E-state index contributed by atoms with van der Waals surface area (Å²) < 4.78 is 25.3. The van der Waals surface area contributed by atoms with Crippen molar-refractivity contribution in [3.8, 4) is 0 Å². The van der Waals surface area contributed by atoms with E-state index in [0.29, 0.717) is 6.42 Å². The molecule has 0 bridgehead atoms. The first-order valence-corrected chi connectivity index (χ1v) is 6.92. The zero-order valence-corrected chi connectivity index (χ0v) is 10.7. The normalized spacial score (nSPS) is 11.2. The van der Waals surface area contributed by atoms with Crippen molar-refractivity contribution in [1.82, 2.24) is 0 Å². The van der Waals surface area contributed by atoms with E-state index in [9.17, 15) is 13.2 Å². The number of hydrogen-bond donors (Lipinski definition) is 2. The van der Waals surface area contributed by atoms with E-state index in [-0.39, 0.29) is 22.0 Å². The first kappa shape index (κ1) is 13.8. The maximum absolute atomic E-state index is 11.6. The number of benzene rings is 1. The molecule has 1 rings (SSSR count). The second-order valence-electron chi connectivity index (χ2n) is 3.39. The number of carboxylic acid groups (broad SMARTS) is 1. The van der Waals surface area contributed by atoms with Gasteiger partial charge in [0.2, 0.25) is 10.0 Å². The van der Waals surface area contributed by atoms with Gasteiger partial charge >= 0.3 is 5.97 Å². The Morgan fingerprint density at radius 3 is 2.65 bits per heavy atom. The Kier molecular flexibility index (Phi) is 4.36. The Labute approximate surface area is 104 Å². The second kappa shape index (κ2) is 5.37. The van der Waals surface area contributed by atoms with Crippen LogP contribution in [-0.2, 0) is 10.0 Å². The summed E-state index contributed by atoms with van der Waals surface area (Å²) in [5, 5.41) is 8.98. The molecule has 0 aliphatic heterocycles. The van der Waals surface area contributed by atoms with Crippen molar-refractivity contribution < 1.29 is 18.3 Å². The quantitative estimate of drug-likeness (QED) is 0.864. The molecule has 1 aromatic carbocycles. The highest BCUT2D eigenvalue weighted by Crippen LogP contribution is 2.27. The fourth-order valence-electron chi connectivity index (χ4n) is 1.28. The number of sulfonamides is 1. The lowest BCUT2D eigenvalue weighted by Crippen LogP contribution is -2.18. The molecular formula is C10H12ClNO4S. The number of carboxylic acids is 1. The van der Waals surface area contributed by atoms with E-state index in [4.69, 9.17) is 16.7 Å². The molecule has 0 spiro atoms. The molecule has 0 aromatic heterocycles. The maximum Gasteiger partial charge on any atom is 0.337 e. The Morgan fingerprint density at radius 1 is 1.47 bits per heavy atom. The van der Waals surface area contributed by atoms with Crippen LogP contribution in [0.25, 0.3) is 0 Å². The number of anilines is 1. The third-order valence-corrected chi connectivity index (χ3v) is 3.75. The van der Waals surface area contributed by atoms with Crippen LogP contribution in [0.1, 0.15) is 23.7 Å². The van der Waals surface area contributed by atoms with Crippen molar-refractivity contribution in [2.24, 2.45) is 0 Å². The SMILES string of the molecule is CCCS(=O)(=O)Nc1c(Cl)cccc1C(=O)O. The van der Waals surface area contributed by atoms with Crippen molar-refractivity contribution in [3.63, 3.8) is 0 Å². The lowest BCUT2D eigenvalue weighted by molar-refractivity contribution is 0.0698. The highest BCUT2D eigenvalue weighted by atomic mass is 35.5. The monoisotopic (exact) mass is 277 g/mol. The highest BCUT2D eigenvalue weighted by molar-refractivity contribution is 7.92. The van der Waals surface area contributed by atoms with Gasteiger partial charge in [0.25, 0.3) is 0 Å². The fourth-order valence-corrected chi connectivity index (χ4v) is 2.73. The van der Waals surface area contributed by atoms with Crippen LogP contribution < -0.4 is 4.72 Å². The molecule has 7 heteroatoms. The Hall–Kier alpha value is -1.27. The first-order valence-electron chi connectivity index (χ1n) is 4.89. The molecule has 0 heterocycles. The molecule has 0 saturated carbocycles. The Morgan fingerprint density at radius 2 is 2.12 bits per heavy atom. The van der Waals surface area contributed by atoms with Gasteiger partial charge in [0.05, 0.1) is 22.0 Å². The second-order valence-corrected chi connectivity index (χ2v) is 5.64. The molecule has 17 heavy (non-hydrogen) atoms. The van der Waals surface area contributed by atoms with E-state index in [1.807, 2.05) is 0 Å². The number of aromatic carboxylic acids is 1. The molecule has 0 aliphatic carbocycles. The predicted octanol–water partition coefficient (Wildman–Crippen LogP) is 2.19. The van der Waals surface area contributed by atoms with Crippen molar-refractivity contribution in [1.29, 1.82) is 0 Å². The van der Waals surface area contributed by atoms with E-state index < -0.39 is 16.0 Å². The van der Waals surface area contributed by atoms with Gasteiger partial charge in [0.15, 0.2) is 0 Å². The van der Waals surface area contributed by atoms with Crippen LogP contribution in [0.4, 0.5) is 5.69 Å². The van der Waals surface area contributed by atoms with Crippen molar-refractivity contribution in [2.75, 3.05) is 10.5 Å². The minimum Gasteiger partial charge on any atom is -0.478 e. The van der Waals surface area contributed by atoms with Crippen molar-refractivity contribution >= 4 is 33.3 Å². The molecule has 0 fully saturated rings. The molecule has 2 N–H and O–H groups in total. The maximum atomic E-state index is 11.6. The van der Waals surface area contributed by atoms with Crippen LogP contribution in [0.5, 0.6) is 0 Å². The Balaban J connectivity index is 3.18. The van der Waals surface area contributed by atoms with Crippen LogP contribution in [0.15, 0.2) is 18.2 Å². The van der Waals surface area contributed by atoms with E-state index in [0.717, 1.165) is 0 Å². The van der Waals surface area contributed by atoms with Crippen LogP contribution in [0, 0.1) is 0 Å². The van der Waals surface area contributed by atoms with E-state index in [1.54, 1.807) is 6.92 Å². The fraction of sp³-hybridized carbons (Fsp3) is 0.300. The molecule has 0 amide bonds. The van der Waals surface area contributed by atoms with E-state index in [1.165, 1.54) is 18.2 Å². The lowest BCUT2D eigenvalue weighted by Gasteiger charge is -2.11. The number of para-hydroxylation sites is 1. The number of nitrogens with one attached hydrogen (secondary N) is 1. The molecule has 1 aromatic rings. The molecular weight excluding hydrogens is 266 g/mol. The summed E-state index contributed by atoms with van der Waals surface area (Å²) in [5.41, 5.74) is -0.257. The summed E-state index contributed by atoms with van der Waals surface area (Å²) >= 11 is 5.79. The van der Waals surface area contributed by atoms with Gasteiger partial charge in [-0.2, -0.15) is 0 Å². The average molecular weight is 278 g/mol. The van der Waals surface area contributed by atoms with Crippen LogP contribution in [0.2, 0.25) is 5.02 Å². The number of halogens is 1. The summed E-state index contributed by atoms with van der Waals surface area (Å²) in [5.74, 6) is -1.32. The summed E-state index contributed by atoms with van der Waals surface area (Å²) in [6.45, 7) is 1.71. The predicted molar refractivity (Wildman–Crippen MR) is 66.1 cm³/mol. The largest absolute Gasteiger partial charge is 0.478 e. The van der Waals surface area contributed by atoms with Crippen LogP contribution in [0.3, 0.4) is 0 Å². The summed E-state index contributed by atoms with van der Waals surface area (Å²) in [4.78, 5) is 10.9. The summed E-state index contributed by atoms with van der Waals surface area (Å²) in [7, 11) is -3.56. The zero-order valence-electron chi connectivity index (χ0n) is 9.10. The number of carbonyl (C=O) groups is 1. The summed E-state index contributed by atoms with van der Waals surface area (Å²) in [6.07, 6.45) is 0.433. The van der Waals surface area contributed by atoms with Gasteiger partial charge in [-0.15, -0.1) is 0 Å². The molecule has 0 saturated heterocycles. The summed E-state index contributed by atoms with van der Waals surface area (Å²) in [6, 6.07) is 4.17. The Bertz CT molecular complexity index is 527. The minimum atomic E-state index is -3.56. The van der Waals surface area contributed by atoms with Gasteiger partial charge in [-0.1, -0.05) is 24.6 Å². The van der Waals surface area contributed by atoms with Gasteiger partial charge in [-0.25, -0.2) is 13.2 Å². The standard InChI is InChI=1S/C10H12ClNO4S/c1-2-6-17(15,16)12-9-7(10(13)14)4-3-5-8(9)11/h3-5,12H,2,6H2,1H3,(H,13,14). The average Bonchev–Trinajstić information content (AvgIpc) is 2.20.